The highest BCUT2D eigenvalue weighted by molar-refractivity contribution is 7.99. The first kappa shape index (κ1) is 17.2. The maximum Gasteiger partial charge on any atom is 0.196 e. The largest absolute Gasteiger partial charge is 0.377 e. The van der Waals surface area contributed by atoms with Gasteiger partial charge in [0.05, 0.1) is 6.10 Å². The Morgan fingerprint density at radius 1 is 1.04 bits per heavy atom. The van der Waals surface area contributed by atoms with Crippen molar-refractivity contribution < 1.29 is 9.13 Å². The van der Waals surface area contributed by atoms with Gasteiger partial charge >= 0.3 is 0 Å². The van der Waals surface area contributed by atoms with Crippen LogP contribution in [0.5, 0.6) is 0 Å². The van der Waals surface area contributed by atoms with Crippen molar-refractivity contribution in [3.05, 3.63) is 60.4 Å². The van der Waals surface area contributed by atoms with E-state index in [1.165, 1.54) is 18.6 Å². The van der Waals surface area contributed by atoms with E-state index in [-0.39, 0.29) is 11.9 Å². The fourth-order valence-electron chi connectivity index (χ4n) is 3.07. The van der Waals surface area contributed by atoms with Crippen LogP contribution in [0.4, 0.5) is 4.39 Å². The van der Waals surface area contributed by atoms with Gasteiger partial charge in [-0.15, -0.1) is 10.2 Å². The molecular weight excluding hydrogens is 349 g/mol. The molecule has 1 aliphatic rings. The summed E-state index contributed by atoms with van der Waals surface area (Å²) in [6.07, 6.45) is 3.70. The fraction of sp³-hybridized carbons (Fsp3) is 0.300. The molecule has 0 amide bonds. The van der Waals surface area contributed by atoms with Crippen molar-refractivity contribution in [2.75, 3.05) is 12.4 Å². The Kier molecular flexibility index (Phi) is 5.32. The molecule has 4 rings (SSSR count). The Morgan fingerprint density at radius 3 is 2.58 bits per heavy atom. The van der Waals surface area contributed by atoms with Gasteiger partial charge in [0.2, 0.25) is 0 Å². The molecule has 0 spiro atoms. The molecule has 0 bridgehead atoms. The third kappa shape index (κ3) is 3.81. The molecule has 1 fully saturated rings. The Hall–Kier alpha value is -2.18. The fourth-order valence-corrected chi connectivity index (χ4v) is 4.08. The van der Waals surface area contributed by atoms with Gasteiger partial charge in [-0.3, -0.25) is 4.57 Å². The molecule has 134 valence electrons. The first-order valence-electron chi connectivity index (χ1n) is 8.82. The number of halogens is 1. The number of hydrogen-bond acceptors (Lipinski definition) is 4. The van der Waals surface area contributed by atoms with Gasteiger partial charge in [-0.1, -0.05) is 42.1 Å². The van der Waals surface area contributed by atoms with Crippen molar-refractivity contribution in [3.8, 4) is 17.1 Å². The lowest BCUT2D eigenvalue weighted by molar-refractivity contribution is 0.0315. The van der Waals surface area contributed by atoms with Gasteiger partial charge in [-0.2, -0.15) is 0 Å². The molecule has 0 saturated carbocycles. The summed E-state index contributed by atoms with van der Waals surface area (Å²) in [6.45, 7) is 0.838. The molecule has 0 N–H and O–H groups in total. The predicted molar refractivity (Wildman–Crippen MR) is 101 cm³/mol. The molecule has 2 heterocycles. The van der Waals surface area contributed by atoms with Crippen LogP contribution in [-0.2, 0) is 4.74 Å². The molecule has 1 atom stereocenters. The van der Waals surface area contributed by atoms with E-state index in [4.69, 9.17) is 4.74 Å². The van der Waals surface area contributed by atoms with Gasteiger partial charge < -0.3 is 4.74 Å². The number of hydrogen-bond donors (Lipinski definition) is 0. The number of benzene rings is 2. The highest BCUT2D eigenvalue weighted by Gasteiger charge is 2.19. The van der Waals surface area contributed by atoms with Crippen molar-refractivity contribution in [1.29, 1.82) is 0 Å². The van der Waals surface area contributed by atoms with Crippen LogP contribution >= 0.6 is 11.8 Å². The zero-order valence-electron chi connectivity index (χ0n) is 14.3. The van der Waals surface area contributed by atoms with E-state index >= 15 is 0 Å². The predicted octanol–water partition coefficient (Wildman–Crippen LogP) is 4.73. The van der Waals surface area contributed by atoms with Crippen LogP contribution in [0.3, 0.4) is 0 Å². The van der Waals surface area contributed by atoms with Gasteiger partial charge in [0.25, 0.3) is 0 Å². The normalized spacial score (nSPS) is 17.3. The summed E-state index contributed by atoms with van der Waals surface area (Å²) in [7, 11) is 0. The molecule has 0 aliphatic carbocycles. The lowest BCUT2D eigenvalue weighted by Gasteiger charge is -2.22. The second kappa shape index (κ2) is 8.01. The second-order valence-corrected chi connectivity index (χ2v) is 7.27. The zero-order chi connectivity index (χ0) is 17.8. The third-order valence-corrected chi connectivity index (χ3v) is 5.48. The first-order valence-corrected chi connectivity index (χ1v) is 9.81. The smallest absolute Gasteiger partial charge is 0.196 e. The van der Waals surface area contributed by atoms with Gasteiger partial charge in [0.1, 0.15) is 5.82 Å². The summed E-state index contributed by atoms with van der Waals surface area (Å²) in [5, 5.41) is 9.60. The standard InChI is InChI=1S/C20H20FN3OS/c21-16-9-11-17(12-10-16)24-19(15-6-2-1-3-7-15)22-23-20(24)26-14-18-8-4-5-13-25-18/h1-3,6-7,9-12,18H,4-5,8,13-14H2/t18-/m1/s1. The number of nitrogens with zero attached hydrogens (tertiary/aromatic N) is 3. The van der Waals surface area contributed by atoms with Crippen LogP contribution < -0.4 is 0 Å². The van der Waals surface area contributed by atoms with Crippen molar-refractivity contribution in [2.24, 2.45) is 0 Å². The number of aromatic nitrogens is 3. The third-order valence-electron chi connectivity index (χ3n) is 4.42. The summed E-state index contributed by atoms with van der Waals surface area (Å²) in [4.78, 5) is 0. The van der Waals surface area contributed by atoms with Crippen LogP contribution in [-0.4, -0.2) is 33.2 Å². The molecule has 1 aromatic heterocycles. The minimum atomic E-state index is -0.257. The van der Waals surface area contributed by atoms with Gasteiger partial charge in [0, 0.05) is 23.6 Å². The second-order valence-electron chi connectivity index (χ2n) is 6.28. The maximum atomic E-state index is 13.4. The molecule has 2 aromatic carbocycles. The average molecular weight is 369 g/mol. The molecule has 1 saturated heterocycles. The van der Waals surface area contributed by atoms with E-state index < -0.39 is 0 Å². The minimum Gasteiger partial charge on any atom is -0.377 e. The monoisotopic (exact) mass is 369 g/mol. The van der Waals surface area contributed by atoms with E-state index in [1.807, 2.05) is 34.9 Å². The molecule has 0 radical (unpaired) electrons. The topological polar surface area (TPSA) is 39.9 Å². The number of rotatable bonds is 5. The van der Waals surface area contributed by atoms with Crippen LogP contribution in [0.25, 0.3) is 17.1 Å². The van der Waals surface area contributed by atoms with Crippen molar-refractivity contribution in [1.82, 2.24) is 14.8 Å². The van der Waals surface area contributed by atoms with E-state index in [2.05, 4.69) is 10.2 Å². The summed E-state index contributed by atoms with van der Waals surface area (Å²) < 4.78 is 21.2. The van der Waals surface area contributed by atoms with Gasteiger partial charge in [0.15, 0.2) is 11.0 Å². The molecule has 3 aromatic rings. The summed E-state index contributed by atoms with van der Waals surface area (Å²) >= 11 is 1.64. The first-order chi connectivity index (χ1) is 12.8. The van der Waals surface area contributed by atoms with Crippen LogP contribution in [0.2, 0.25) is 0 Å². The van der Waals surface area contributed by atoms with E-state index in [9.17, 15) is 4.39 Å². The lowest BCUT2D eigenvalue weighted by Crippen LogP contribution is -2.21. The molecule has 4 nitrogen and oxygen atoms in total. The van der Waals surface area contributed by atoms with Gasteiger partial charge in [-0.25, -0.2) is 4.39 Å². The van der Waals surface area contributed by atoms with E-state index in [1.54, 1.807) is 23.9 Å². The SMILES string of the molecule is Fc1ccc(-n2c(SC[C@H]3CCCCO3)nnc2-c2ccccc2)cc1. The molecule has 1 aliphatic heterocycles. The quantitative estimate of drug-likeness (QED) is 0.609. The van der Waals surface area contributed by atoms with E-state index in [0.29, 0.717) is 0 Å². The number of thioether (sulfide) groups is 1. The molecular formula is C20H20FN3OS. The average Bonchev–Trinajstić information content (AvgIpc) is 3.12. The van der Waals surface area contributed by atoms with Crippen molar-refractivity contribution >= 4 is 11.8 Å². The Labute approximate surface area is 156 Å². The zero-order valence-corrected chi connectivity index (χ0v) is 15.2. The molecule has 26 heavy (non-hydrogen) atoms. The Morgan fingerprint density at radius 2 is 1.85 bits per heavy atom. The van der Waals surface area contributed by atoms with Gasteiger partial charge in [-0.05, 0) is 43.5 Å². The minimum absolute atomic E-state index is 0.257. The van der Waals surface area contributed by atoms with Crippen LogP contribution in [0.1, 0.15) is 19.3 Å². The highest BCUT2D eigenvalue weighted by Crippen LogP contribution is 2.29. The molecule has 0 unspecified atom stereocenters. The Bertz CT molecular complexity index is 845. The Balaban J connectivity index is 1.67. The highest BCUT2D eigenvalue weighted by atomic mass is 32.2. The summed E-state index contributed by atoms with van der Waals surface area (Å²) in [5.74, 6) is 1.34. The summed E-state index contributed by atoms with van der Waals surface area (Å²) in [5.41, 5.74) is 1.83. The maximum absolute atomic E-state index is 13.4. The lowest BCUT2D eigenvalue weighted by atomic mass is 10.1. The van der Waals surface area contributed by atoms with E-state index in [0.717, 1.165) is 47.4 Å². The number of ether oxygens (including phenoxy) is 1. The van der Waals surface area contributed by atoms with Crippen LogP contribution in [0.15, 0.2) is 59.8 Å². The summed E-state index contributed by atoms with van der Waals surface area (Å²) in [6, 6.07) is 16.4. The molecule has 6 heteroatoms. The van der Waals surface area contributed by atoms with Crippen LogP contribution in [0, 0.1) is 5.82 Å². The van der Waals surface area contributed by atoms with Crippen molar-refractivity contribution in [3.63, 3.8) is 0 Å². The van der Waals surface area contributed by atoms with Crippen molar-refractivity contribution in [2.45, 2.75) is 30.5 Å².